The lowest BCUT2D eigenvalue weighted by atomic mass is 9.43. The summed E-state index contributed by atoms with van der Waals surface area (Å²) in [7, 11) is 0. The average Bonchev–Trinajstić information content (AvgIpc) is 3.38. The largest absolute Gasteiger partial charge is 0.0629 e. The normalized spacial score (nSPS) is 28.3. The maximum atomic E-state index is 8.90. The molecule has 0 heteroatoms. The van der Waals surface area contributed by atoms with Crippen LogP contribution in [0.3, 0.4) is 0 Å². The molecule has 202 valence electrons. The molecule has 0 heterocycles. The average molecular weight is 544 g/mol. The molecule has 0 aromatic heterocycles. The summed E-state index contributed by atoms with van der Waals surface area (Å²) in [5.41, 5.74) is 9.20. The lowest BCUT2D eigenvalue weighted by molar-refractivity contribution is -0.0399. The van der Waals surface area contributed by atoms with Crippen LogP contribution >= 0.6 is 0 Å². The minimum Gasteiger partial charge on any atom is -0.0622 e. The van der Waals surface area contributed by atoms with E-state index in [1.54, 1.807) is 5.56 Å². The highest BCUT2D eigenvalue weighted by molar-refractivity contribution is 6.21. The van der Waals surface area contributed by atoms with Gasteiger partial charge < -0.3 is 0 Å². The van der Waals surface area contributed by atoms with E-state index in [9.17, 15) is 0 Å². The van der Waals surface area contributed by atoms with Crippen LogP contribution in [0.5, 0.6) is 0 Å². The first kappa shape index (κ1) is 19.1. The molecule has 0 nitrogen and oxygen atoms in total. The highest BCUT2D eigenvalue weighted by Gasteiger charge is 2.61. The van der Waals surface area contributed by atoms with Crippen LogP contribution in [0.4, 0.5) is 0 Å². The zero-order valence-corrected chi connectivity index (χ0v) is 23.5. The maximum Gasteiger partial charge on any atom is 0.0629 e. The molecule has 6 aromatic carbocycles. The molecule has 0 atom stereocenters. The van der Waals surface area contributed by atoms with E-state index in [2.05, 4.69) is 66.7 Å². The molecule has 0 amide bonds. The molecule has 4 saturated carbocycles. The van der Waals surface area contributed by atoms with Crippen LogP contribution in [-0.4, -0.2) is 0 Å². The standard InChI is InChI=1S/C42H34/c1-2-10-28(11-3-1)40-34-13-4-6-15-36(34)41(37-16-7-5-14-35(37)40)29-18-19-33-32-12-8-9-17-38(32)42(39(33)25-29)30-21-26-20-27(23-30)24-31(42)22-26/h1-19,25-27,30-31H,20-24H2/i1D,2D,3D,10D,11D. The predicted octanol–water partition coefficient (Wildman–Crippen LogP) is 11.0. The molecule has 11 rings (SSSR count). The summed E-state index contributed by atoms with van der Waals surface area (Å²) in [6.07, 6.45) is 6.77. The quantitative estimate of drug-likeness (QED) is 0.191. The van der Waals surface area contributed by atoms with Gasteiger partial charge in [0.1, 0.15) is 0 Å². The van der Waals surface area contributed by atoms with Gasteiger partial charge in [0.05, 0.1) is 6.85 Å². The minimum absolute atomic E-state index is 0.0637. The summed E-state index contributed by atoms with van der Waals surface area (Å²) in [6.45, 7) is 0. The molecule has 0 N–H and O–H groups in total. The first-order chi connectivity index (χ1) is 22.9. The van der Waals surface area contributed by atoms with Gasteiger partial charge in [-0.2, -0.15) is 0 Å². The molecule has 1 spiro atoms. The summed E-state index contributed by atoms with van der Waals surface area (Å²) in [5, 5.41) is 3.85. The van der Waals surface area contributed by atoms with E-state index in [-0.39, 0.29) is 41.2 Å². The van der Waals surface area contributed by atoms with Crippen LogP contribution in [0.15, 0.2) is 121 Å². The Morgan fingerprint density at radius 3 is 1.64 bits per heavy atom. The second kappa shape index (κ2) is 8.45. The fourth-order valence-electron chi connectivity index (χ4n) is 10.4. The zero-order valence-electron chi connectivity index (χ0n) is 28.5. The predicted molar refractivity (Wildman–Crippen MR) is 176 cm³/mol. The molecule has 0 aliphatic heterocycles. The van der Waals surface area contributed by atoms with Crippen molar-refractivity contribution in [1.29, 1.82) is 0 Å². The lowest BCUT2D eigenvalue weighted by Gasteiger charge is -2.61. The Balaban J connectivity index is 1.28. The molecule has 0 unspecified atom stereocenters. The van der Waals surface area contributed by atoms with Crippen LogP contribution in [0.2, 0.25) is 0 Å². The maximum absolute atomic E-state index is 8.90. The van der Waals surface area contributed by atoms with Crippen LogP contribution in [0.1, 0.15) is 50.1 Å². The summed E-state index contributed by atoms with van der Waals surface area (Å²) in [4.78, 5) is 0. The van der Waals surface area contributed by atoms with E-state index in [1.807, 2.05) is 24.3 Å². The summed E-state index contributed by atoms with van der Waals surface area (Å²) in [5.74, 6) is 3.11. The van der Waals surface area contributed by atoms with E-state index >= 15 is 0 Å². The van der Waals surface area contributed by atoms with Crippen LogP contribution in [0, 0.1) is 23.7 Å². The minimum atomic E-state index is -0.369. The Hall–Kier alpha value is -4.16. The fraction of sp³-hybridized carbons (Fsp3) is 0.238. The summed E-state index contributed by atoms with van der Waals surface area (Å²) >= 11 is 0. The van der Waals surface area contributed by atoms with Crippen molar-refractivity contribution in [2.24, 2.45) is 23.7 Å². The Morgan fingerprint density at radius 1 is 0.500 bits per heavy atom. The van der Waals surface area contributed by atoms with Crippen molar-refractivity contribution in [1.82, 2.24) is 0 Å². The second-order valence-electron chi connectivity index (χ2n) is 13.3. The van der Waals surface area contributed by atoms with E-state index < -0.39 is 0 Å². The van der Waals surface area contributed by atoms with E-state index in [4.69, 9.17) is 6.85 Å². The molecule has 0 radical (unpaired) electrons. The second-order valence-corrected chi connectivity index (χ2v) is 13.3. The Bertz CT molecular complexity index is 2220. The Morgan fingerprint density at radius 2 is 1.02 bits per heavy atom. The summed E-state index contributed by atoms with van der Waals surface area (Å²) in [6, 6.07) is 31.5. The number of benzene rings is 6. The molecule has 0 saturated heterocycles. The van der Waals surface area contributed by atoms with E-state index in [0.29, 0.717) is 17.4 Å². The highest BCUT2D eigenvalue weighted by Crippen LogP contribution is 2.69. The third-order valence-electron chi connectivity index (χ3n) is 11.5. The van der Waals surface area contributed by atoms with Crippen molar-refractivity contribution in [2.75, 3.05) is 0 Å². The molecule has 4 fully saturated rings. The molecule has 6 aromatic rings. The number of hydrogen-bond donors (Lipinski definition) is 0. The van der Waals surface area contributed by atoms with Gasteiger partial charge in [0.15, 0.2) is 0 Å². The first-order valence-corrected chi connectivity index (χ1v) is 15.6. The number of rotatable bonds is 2. The molecule has 4 bridgehead atoms. The Labute approximate surface area is 255 Å². The number of hydrogen-bond acceptors (Lipinski definition) is 0. The van der Waals surface area contributed by atoms with Crippen molar-refractivity contribution in [2.45, 2.75) is 37.5 Å². The molecular weight excluding hydrogens is 504 g/mol. The van der Waals surface area contributed by atoms with Crippen molar-refractivity contribution < 1.29 is 6.85 Å². The number of fused-ring (bicyclic) bond motifs is 5. The molecule has 5 aliphatic rings. The van der Waals surface area contributed by atoms with Gasteiger partial charge >= 0.3 is 0 Å². The van der Waals surface area contributed by atoms with Gasteiger partial charge in [0, 0.05) is 5.41 Å². The third-order valence-corrected chi connectivity index (χ3v) is 11.5. The van der Waals surface area contributed by atoms with Crippen molar-refractivity contribution in [3.63, 3.8) is 0 Å². The molecule has 5 aliphatic carbocycles. The van der Waals surface area contributed by atoms with Crippen LogP contribution < -0.4 is 0 Å². The van der Waals surface area contributed by atoms with Crippen LogP contribution in [0.25, 0.3) is 54.9 Å². The Kier molecular flexibility index (Phi) is 3.84. The van der Waals surface area contributed by atoms with Gasteiger partial charge in [0.25, 0.3) is 0 Å². The van der Waals surface area contributed by atoms with E-state index in [1.165, 1.54) is 54.4 Å². The summed E-state index contributed by atoms with van der Waals surface area (Å²) < 4.78 is 43.0. The monoisotopic (exact) mass is 543 g/mol. The van der Waals surface area contributed by atoms with Gasteiger partial charge in [0.2, 0.25) is 0 Å². The first-order valence-electron chi connectivity index (χ1n) is 18.1. The SMILES string of the molecule is [2H]c1c([2H])c([2H])c(-c2c3ccccc3c(-c3ccc4c(c3)C3(c5ccccc5-4)C4CC5CC(C4)CC3C5)c3ccccc23)c([2H])c1[2H]. The van der Waals surface area contributed by atoms with Gasteiger partial charge in [-0.3, -0.25) is 0 Å². The van der Waals surface area contributed by atoms with Crippen molar-refractivity contribution in [3.8, 4) is 33.4 Å². The van der Waals surface area contributed by atoms with Gasteiger partial charge in [-0.25, -0.2) is 0 Å². The lowest BCUT2D eigenvalue weighted by Crippen LogP contribution is -2.55. The zero-order chi connectivity index (χ0) is 31.8. The van der Waals surface area contributed by atoms with Crippen molar-refractivity contribution in [3.05, 3.63) is 132 Å². The van der Waals surface area contributed by atoms with Gasteiger partial charge in [-0.15, -0.1) is 0 Å². The smallest absolute Gasteiger partial charge is 0.0622 e. The van der Waals surface area contributed by atoms with Gasteiger partial charge in [-0.05, 0) is 128 Å². The third kappa shape index (κ3) is 2.93. The van der Waals surface area contributed by atoms with Gasteiger partial charge in [-0.1, -0.05) is 115 Å². The topological polar surface area (TPSA) is 0 Å². The van der Waals surface area contributed by atoms with E-state index in [0.717, 1.165) is 38.9 Å². The molecular formula is C42H34. The fourth-order valence-corrected chi connectivity index (χ4v) is 10.4. The van der Waals surface area contributed by atoms with Crippen molar-refractivity contribution >= 4 is 21.5 Å². The molecule has 42 heavy (non-hydrogen) atoms. The highest BCUT2D eigenvalue weighted by atomic mass is 14.6. The van der Waals surface area contributed by atoms with Crippen LogP contribution in [-0.2, 0) is 5.41 Å².